The average molecular weight is 338 g/mol. The lowest BCUT2D eigenvalue weighted by molar-refractivity contribution is 0.0960. The third kappa shape index (κ3) is 3.14. The fourth-order valence-corrected chi connectivity index (χ4v) is 3.55. The molecular formula is C19H22N4O2. The van der Waals surface area contributed by atoms with Crippen LogP contribution in [0.1, 0.15) is 43.3 Å². The lowest BCUT2D eigenvalue weighted by Gasteiger charge is -2.31. The van der Waals surface area contributed by atoms with Gasteiger partial charge in [-0.15, -0.1) is 0 Å². The first-order chi connectivity index (χ1) is 12.3. The van der Waals surface area contributed by atoms with Crippen LogP contribution in [0, 0.1) is 0 Å². The van der Waals surface area contributed by atoms with Crippen LogP contribution in [0.5, 0.6) is 5.75 Å². The molecule has 1 N–H and O–H groups in total. The maximum atomic E-state index is 6.27. The van der Waals surface area contributed by atoms with Gasteiger partial charge >= 0.3 is 0 Å². The normalized spacial score (nSPS) is 19.5. The van der Waals surface area contributed by atoms with Gasteiger partial charge in [-0.05, 0) is 43.9 Å². The van der Waals surface area contributed by atoms with E-state index >= 15 is 0 Å². The Labute approximate surface area is 146 Å². The summed E-state index contributed by atoms with van der Waals surface area (Å²) < 4.78 is 11.6. The van der Waals surface area contributed by atoms with Crippen LogP contribution in [-0.2, 0) is 6.54 Å². The van der Waals surface area contributed by atoms with Crippen LogP contribution in [0.15, 0.2) is 35.0 Å². The molecule has 1 aliphatic carbocycles. The van der Waals surface area contributed by atoms with Gasteiger partial charge in [-0.3, -0.25) is 4.90 Å². The van der Waals surface area contributed by atoms with E-state index in [0.717, 1.165) is 60.8 Å². The van der Waals surface area contributed by atoms with Crippen LogP contribution in [0.25, 0.3) is 10.9 Å². The van der Waals surface area contributed by atoms with E-state index in [1.165, 1.54) is 12.8 Å². The molecule has 0 radical (unpaired) electrons. The van der Waals surface area contributed by atoms with Crippen molar-refractivity contribution in [3.05, 3.63) is 42.2 Å². The number of benzene rings is 1. The van der Waals surface area contributed by atoms with Crippen molar-refractivity contribution < 1.29 is 9.26 Å². The monoisotopic (exact) mass is 338 g/mol. The van der Waals surface area contributed by atoms with E-state index in [4.69, 9.17) is 9.26 Å². The minimum absolute atomic E-state index is 0.268. The summed E-state index contributed by atoms with van der Waals surface area (Å²) in [5.74, 6) is 3.15. The summed E-state index contributed by atoms with van der Waals surface area (Å²) in [6.45, 7) is 2.78. The standard InChI is InChI=1S/C19H22N4O2/c1-2-16-15(6-9-20-16)17(3-1)24-14-7-10-23(11-8-14)12-18-21-19(25-22-18)13-4-5-13/h1-3,6,9,13-14,20H,4-5,7-8,10-12H2. The summed E-state index contributed by atoms with van der Waals surface area (Å²) in [5, 5.41) is 5.28. The number of hydrogen-bond donors (Lipinski definition) is 1. The number of rotatable bonds is 5. The lowest BCUT2D eigenvalue weighted by Crippen LogP contribution is -2.38. The molecule has 2 aliphatic rings. The molecule has 25 heavy (non-hydrogen) atoms. The highest BCUT2D eigenvalue weighted by Crippen LogP contribution is 2.38. The van der Waals surface area contributed by atoms with Crippen LogP contribution in [0.4, 0.5) is 0 Å². The average Bonchev–Trinajstić information content (AvgIpc) is 3.18. The Morgan fingerprint density at radius 3 is 2.88 bits per heavy atom. The minimum atomic E-state index is 0.268. The first kappa shape index (κ1) is 15.0. The van der Waals surface area contributed by atoms with Crippen LogP contribution in [0.2, 0.25) is 0 Å². The van der Waals surface area contributed by atoms with Gasteiger partial charge in [0, 0.05) is 36.1 Å². The fraction of sp³-hybridized carbons (Fsp3) is 0.474. The minimum Gasteiger partial charge on any atom is -0.490 e. The number of likely N-dealkylation sites (tertiary alicyclic amines) is 1. The number of aromatic amines is 1. The molecule has 0 unspecified atom stereocenters. The lowest BCUT2D eigenvalue weighted by atomic mass is 10.1. The second-order valence-corrected chi connectivity index (χ2v) is 7.11. The van der Waals surface area contributed by atoms with Crippen molar-refractivity contribution in [3.63, 3.8) is 0 Å². The highest BCUT2D eigenvalue weighted by Gasteiger charge is 2.30. The highest BCUT2D eigenvalue weighted by atomic mass is 16.5. The number of H-pyrrole nitrogens is 1. The van der Waals surface area contributed by atoms with Gasteiger partial charge < -0.3 is 14.2 Å². The third-order valence-corrected chi connectivity index (χ3v) is 5.16. The quantitative estimate of drug-likeness (QED) is 0.771. The molecular weight excluding hydrogens is 316 g/mol. The van der Waals surface area contributed by atoms with E-state index < -0.39 is 0 Å². The van der Waals surface area contributed by atoms with E-state index in [0.29, 0.717) is 5.92 Å². The van der Waals surface area contributed by atoms with Crippen LogP contribution in [0.3, 0.4) is 0 Å². The Morgan fingerprint density at radius 1 is 1.16 bits per heavy atom. The third-order valence-electron chi connectivity index (χ3n) is 5.16. The smallest absolute Gasteiger partial charge is 0.229 e. The number of hydrogen-bond acceptors (Lipinski definition) is 5. The molecule has 0 atom stereocenters. The molecule has 1 aromatic carbocycles. The van der Waals surface area contributed by atoms with E-state index in [1.54, 1.807) is 0 Å². The first-order valence-corrected chi connectivity index (χ1v) is 9.13. The van der Waals surface area contributed by atoms with Crippen LogP contribution < -0.4 is 4.74 Å². The first-order valence-electron chi connectivity index (χ1n) is 9.13. The zero-order valence-corrected chi connectivity index (χ0v) is 14.1. The van der Waals surface area contributed by atoms with E-state index in [-0.39, 0.29) is 6.10 Å². The Balaban J connectivity index is 1.17. The van der Waals surface area contributed by atoms with E-state index in [9.17, 15) is 0 Å². The second kappa shape index (κ2) is 6.19. The Bertz CT molecular complexity index is 859. The molecule has 3 heterocycles. The molecule has 130 valence electrons. The SMILES string of the molecule is c1cc(OC2CCN(Cc3noc(C4CC4)n3)CC2)c2cc[nH]c2c1. The molecule has 1 saturated heterocycles. The summed E-state index contributed by atoms with van der Waals surface area (Å²) in [6.07, 6.45) is 6.66. The number of fused-ring (bicyclic) bond motifs is 1. The molecule has 6 heteroatoms. The van der Waals surface area contributed by atoms with E-state index in [1.807, 2.05) is 12.3 Å². The molecule has 3 aromatic rings. The fourth-order valence-electron chi connectivity index (χ4n) is 3.55. The topological polar surface area (TPSA) is 67.2 Å². The Hall–Kier alpha value is -2.34. The molecule has 1 aliphatic heterocycles. The van der Waals surface area contributed by atoms with Crippen molar-refractivity contribution in [2.75, 3.05) is 13.1 Å². The number of nitrogens with one attached hydrogen (secondary N) is 1. The van der Waals surface area contributed by atoms with Gasteiger partial charge in [0.1, 0.15) is 11.9 Å². The zero-order valence-electron chi connectivity index (χ0n) is 14.1. The van der Waals surface area contributed by atoms with Gasteiger partial charge in [0.25, 0.3) is 0 Å². The van der Waals surface area contributed by atoms with Crippen molar-refractivity contribution in [3.8, 4) is 5.75 Å². The largest absolute Gasteiger partial charge is 0.490 e. The molecule has 2 aromatic heterocycles. The van der Waals surface area contributed by atoms with Gasteiger partial charge in [0.05, 0.1) is 6.54 Å². The van der Waals surface area contributed by atoms with Gasteiger partial charge in [-0.1, -0.05) is 11.2 Å². The predicted molar refractivity (Wildman–Crippen MR) is 93.5 cm³/mol. The van der Waals surface area contributed by atoms with Gasteiger partial charge in [0.15, 0.2) is 5.82 Å². The van der Waals surface area contributed by atoms with E-state index in [2.05, 4.69) is 38.2 Å². The number of aromatic nitrogens is 3. The maximum Gasteiger partial charge on any atom is 0.229 e. The molecule has 1 saturated carbocycles. The van der Waals surface area contributed by atoms with Crippen molar-refractivity contribution in [2.24, 2.45) is 0 Å². The van der Waals surface area contributed by atoms with Gasteiger partial charge in [-0.25, -0.2) is 0 Å². The maximum absolute atomic E-state index is 6.27. The zero-order chi connectivity index (χ0) is 16.6. The van der Waals surface area contributed by atoms with Crippen molar-refractivity contribution in [2.45, 2.75) is 44.2 Å². The molecule has 5 rings (SSSR count). The van der Waals surface area contributed by atoms with Crippen molar-refractivity contribution >= 4 is 10.9 Å². The van der Waals surface area contributed by atoms with Gasteiger partial charge in [0.2, 0.25) is 5.89 Å². The number of piperidine rings is 1. The van der Waals surface area contributed by atoms with Crippen LogP contribution >= 0.6 is 0 Å². The summed E-state index contributed by atoms with van der Waals surface area (Å²) in [4.78, 5) is 10.1. The molecule has 0 spiro atoms. The van der Waals surface area contributed by atoms with Crippen molar-refractivity contribution in [1.29, 1.82) is 0 Å². The van der Waals surface area contributed by atoms with Gasteiger partial charge in [-0.2, -0.15) is 4.98 Å². The second-order valence-electron chi connectivity index (χ2n) is 7.11. The van der Waals surface area contributed by atoms with Crippen LogP contribution in [-0.4, -0.2) is 39.2 Å². The van der Waals surface area contributed by atoms with Crippen molar-refractivity contribution in [1.82, 2.24) is 20.0 Å². The summed E-state index contributed by atoms with van der Waals surface area (Å²) in [5.41, 5.74) is 1.12. The summed E-state index contributed by atoms with van der Waals surface area (Å²) in [7, 11) is 0. The highest BCUT2D eigenvalue weighted by molar-refractivity contribution is 5.85. The molecule has 2 fully saturated rings. The Morgan fingerprint density at radius 2 is 2.04 bits per heavy atom. The summed E-state index contributed by atoms with van der Waals surface area (Å²) >= 11 is 0. The predicted octanol–water partition coefficient (Wildman–Crippen LogP) is 3.47. The number of ether oxygens (including phenoxy) is 1. The molecule has 0 amide bonds. The molecule has 0 bridgehead atoms. The number of nitrogens with zero attached hydrogens (tertiary/aromatic N) is 3. The summed E-state index contributed by atoms with van der Waals surface area (Å²) in [6, 6.07) is 8.25. The Kier molecular flexibility index (Phi) is 3.70. The molecule has 6 nitrogen and oxygen atoms in total.